The van der Waals surface area contributed by atoms with Crippen molar-refractivity contribution < 1.29 is 14.6 Å². The first-order valence-electron chi connectivity index (χ1n) is 10.9. The molecule has 3 nitrogen and oxygen atoms in total. The Kier molecular flexibility index (Phi) is 16.1. The highest BCUT2D eigenvalue weighted by atomic mass is 16.5. The minimum absolute atomic E-state index is 0.165. The van der Waals surface area contributed by atoms with Gasteiger partial charge in [0.25, 0.3) is 0 Å². The van der Waals surface area contributed by atoms with Crippen molar-refractivity contribution in [2.75, 3.05) is 6.61 Å². The van der Waals surface area contributed by atoms with E-state index in [9.17, 15) is 9.90 Å². The van der Waals surface area contributed by atoms with Gasteiger partial charge in [-0.25, -0.2) is 0 Å². The Labute approximate surface area is 162 Å². The zero-order valence-electron chi connectivity index (χ0n) is 17.9. The molecule has 0 bridgehead atoms. The average Bonchev–Trinajstić information content (AvgIpc) is 2.60. The van der Waals surface area contributed by atoms with E-state index in [0.29, 0.717) is 13.0 Å². The topological polar surface area (TPSA) is 46.5 Å². The maximum Gasteiger partial charge on any atom is 0.164 e. The number of carbonyl (C=O) groups is 1. The van der Waals surface area contributed by atoms with Gasteiger partial charge in [-0.05, 0) is 52.9 Å². The summed E-state index contributed by atoms with van der Waals surface area (Å²) >= 11 is 0. The monoisotopic (exact) mass is 368 g/mol. The van der Waals surface area contributed by atoms with Crippen LogP contribution in [-0.4, -0.2) is 29.2 Å². The Morgan fingerprint density at radius 3 is 2.31 bits per heavy atom. The first kappa shape index (κ1) is 25.3. The quantitative estimate of drug-likeness (QED) is 0.225. The summed E-state index contributed by atoms with van der Waals surface area (Å²) in [6.45, 7) is 8.46. The van der Waals surface area contributed by atoms with Gasteiger partial charge in [-0.3, -0.25) is 4.79 Å². The van der Waals surface area contributed by atoms with Crippen LogP contribution in [0.25, 0.3) is 0 Å². The van der Waals surface area contributed by atoms with Crippen molar-refractivity contribution in [3.63, 3.8) is 0 Å². The van der Waals surface area contributed by atoms with Gasteiger partial charge in [-0.15, -0.1) is 0 Å². The molecule has 3 heteroatoms. The number of ketones is 1. The third kappa shape index (κ3) is 14.5. The molecule has 0 amide bonds. The van der Waals surface area contributed by atoms with E-state index in [2.05, 4.69) is 19.1 Å². The molecule has 0 aromatic heterocycles. The van der Waals surface area contributed by atoms with E-state index in [-0.39, 0.29) is 11.9 Å². The Bertz CT molecular complexity index is 360. The number of unbranched alkanes of at least 4 members (excludes halogenated alkanes) is 8. The minimum atomic E-state index is -0.625. The van der Waals surface area contributed by atoms with Gasteiger partial charge in [0.15, 0.2) is 5.78 Å². The molecule has 0 aromatic carbocycles. The predicted octanol–water partition coefficient (Wildman–Crippen LogP) is 6.38. The Balaban J connectivity index is 3.49. The summed E-state index contributed by atoms with van der Waals surface area (Å²) in [6.07, 6.45) is 18.2. The number of rotatable bonds is 18. The number of allylic oxidation sites excluding steroid dienone is 1. The highest BCUT2D eigenvalue weighted by Crippen LogP contribution is 2.16. The van der Waals surface area contributed by atoms with E-state index in [1.807, 2.05) is 20.8 Å². The molecule has 26 heavy (non-hydrogen) atoms. The zero-order chi connectivity index (χ0) is 19.7. The molecule has 0 unspecified atom stereocenters. The van der Waals surface area contributed by atoms with E-state index in [1.165, 1.54) is 38.5 Å². The van der Waals surface area contributed by atoms with E-state index in [1.54, 1.807) is 0 Å². The smallest absolute Gasteiger partial charge is 0.164 e. The normalized spacial score (nSPS) is 13.4. The highest BCUT2D eigenvalue weighted by Gasteiger charge is 2.26. The predicted molar refractivity (Wildman–Crippen MR) is 112 cm³/mol. The van der Waals surface area contributed by atoms with Crippen molar-refractivity contribution in [1.29, 1.82) is 0 Å². The van der Waals surface area contributed by atoms with Crippen LogP contribution >= 0.6 is 0 Å². The van der Waals surface area contributed by atoms with Crippen LogP contribution in [0.4, 0.5) is 0 Å². The lowest BCUT2D eigenvalue weighted by Gasteiger charge is -2.22. The van der Waals surface area contributed by atoms with E-state index in [4.69, 9.17) is 4.74 Å². The van der Waals surface area contributed by atoms with Crippen molar-refractivity contribution in [3.05, 3.63) is 12.2 Å². The highest BCUT2D eigenvalue weighted by molar-refractivity contribution is 5.86. The zero-order valence-corrected chi connectivity index (χ0v) is 17.9. The molecule has 0 saturated carbocycles. The first-order valence-corrected chi connectivity index (χ1v) is 10.9. The molecule has 0 radical (unpaired) electrons. The lowest BCUT2D eigenvalue weighted by molar-refractivity contribution is -0.139. The maximum atomic E-state index is 12.1. The molecule has 0 aromatic rings. The average molecular weight is 369 g/mol. The minimum Gasteiger partial charge on any atom is -0.393 e. The number of ether oxygens (including phenoxy) is 1. The fourth-order valence-corrected chi connectivity index (χ4v) is 3.12. The molecule has 0 spiro atoms. The molecule has 0 heterocycles. The number of hydrogen-bond acceptors (Lipinski definition) is 3. The second kappa shape index (κ2) is 16.5. The van der Waals surface area contributed by atoms with Crippen LogP contribution in [0.2, 0.25) is 0 Å². The molecule has 0 saturated heterocycles. The van der Waals surface area contributed by atoms with Crippen molar-refractivity contribution in [2.24, 2.45) is 0 Å². The summed E-state index contributed by atoms with van der Waals surface area (Å²) in [5, 5.41) is 9.90. The van der Waals surface area contributed by atoms with E-state index in [0.717, 1.165) is 38.5 Å². The van der Waals surface area contributed by atoms with Crippen LogP contribution in [0.3, 0.4) is 0 Å². The molecule has 154 valence electrons. The first-order chi connectivity index (χ1) is 12.4. The van der Waals surface area contributed by atoms with Gasteiger partial charge in [0.2, 0.25) is 0 Å². The van der Waals surface area contributed by atoms with Crippen molar-refractivity contribution in [3.8, 4) is 0 Å². The standard InChI is InChI=1S/C23H44O3/c1-5-7-8-15-18-21(24)19-16-13-11-9-10-12-14-17-20-22(25)23(3,4)26-6-2/h13,16,21,24H,5-12,14-15,17-20H2,1-4H3/b16-13-/t21-/m1/s1. The fourth-order valence-electron chi connectivity index (χ4n) is 3.12. The van der Waals surface area contributed by atoms with Crippen molar-refractivity contribution in [1.82, 2.24) is 0 Å². The van der Waals surface area contributed by atoms with Crippen LogP contribution in [-0.2, 0) is 9.53 Å². The third-order valence-corrected chi connectivity index (χ3v) is 4.92. The summed E-state index contributed by atoms with van der Waals surface area (Å²) in [7, 11) is 0. The van der Waals surface area contributed by atoms with Crippen LogP contribution < -0.4 is 0 Å². The van der Waals surface area contributed by atoms with E-state index >= 15 is 0 Å². The van der Waals surface area contributed by atoms with Gasteiger partial charge in [0.1, 0.15) is 5.60 Å². The lowest BCUT2D eigenvalue weighted by Crippen LogP contribution is -2.34. The lowest BCUT2D eigenvalue weighted by atomic mass is 9.97. The molecule has 0 rings (SSSR count). The number of hydrogen-bond donors (Lipinski definition) is 1. The summed E-state index contributed by atoms with van der Waals surface area (Å²) in [4.78, 5) is 12.1. The van der Waals surface area contributed by atoms with Gasteiger partial charge < -0.3 is 9.84 Å². The van der Waals surface area contributed by atoms with Gasteiger partial charge in [0.05, 0.1) is 6.10 Å². The maximum absolute atomic E-state index is 12.1. The van der Waals surface area contributed by atoms with Crippen LogP contribution in [0.5, 0.6) is 0 Å². The second-order valence-electron chi connectivity index (χ2n) is 7.88. The van der Waals surface area contributed by atoms with Gasteiger partial charge in [-0.1, -0.05) is 64.0 Å². The van der Waals surface area contributed by atoms with Gasteiger partial charge >= 0.3 is 0 Å². The number of Topliss-reactive ketones (excluding diaryl/α,β-unsaturated/α-hetero) is 1. The second-order valence-corrected chi connectivity index (χ2v) is 7.88. The molecular formula is C23H44O3. The molecule has 0 fully saturated rings. The Hall–Kier alpha value is -0.670. The number of carbonyl (C=O) groups excluding carboxylic acids is 1. The largest absolute Gasteiger partial charge is 0.393 e. The van der Waals surface area contributed by atoms with Gasteiger partial charge in [0, 0.05) is 13.0 Å². The SMILES string of the molecule is CCCCCC[C@@H](O)C/C=C\CCCCCCCC(=O)C(C)(C)OCC. The summed E-state index contributed by atoms with van der Waals surface area (Å²) in [5.74, 6) is 0.218. The number of aliphatic hydroxyl groups excluding tert-OH is 1. The van der Waals surface area contributed by atoms with E-state index < -0.39 is 5.60 Å². The van der Waals surface area contributed by atoms with Crippen LogP contribution in [0.15, 0.2) is 12.2 Å². The molecule has 0 aliphatic carbocycles. The molecule has 1 atom stereocenters. The molecule has 0 aliphatic rings. The molecular weight excluding hydrogens is 324 g/mol. The Morgan fingerprint density at radius 1 is 0.962 bits per heavy atom. The van der Waals surface area contributed by atoms with Crippen molar-refractivity contribution in [2.45, 2.75) is 123 Å². The number of aliphatic hydroxyl groups is 1. The fraction of sp³-hybridized carbons (Fsp3) is 0.870. The third-order valence-electron chi connectivity index (χ3n) is 4.92. The summed E-state index contributed by atoms with van der Waals surface area (Å²) in [5.41, 5.74) is -0.625. The van der Waals surface area contributed by atoms with Crippen LogP contribution in [0, 0.1) is 0 Å². The summed E-state index contributed by atoms with van der Waals surface area (Å²) in [6, 6.07) is 0. The molecule has 0 aliphatic heterocycles. The van der Waals surface area contributed by atoms with Crippen molar-refractivity contribution >= 4 is 5.78 Å². The van der Waals surface area contributed by atoms with Crippen LogP contribution in [0.1, 0.15) is 111 Å². The molecule has 1 N–H and O–H groups in total. The van der Waals surface area contributed by atoms with Gasteiger partial charge in [-0.2, -0.15) is 0 Å². The Morgan fingerprint density at radius 2 is 1.62 bits per heavy atom. The summed E-state index contributed by atoms with van der Waals surface area (Å²) < 4.78 is 5.50.